The Morgan fingerprint density at radius 2 is 0.719 bits per heavy atom. The third-order valence-corrected chi connectivity index (χ3v) is 13.5. The first-order valence-electron chi connectivity index (χ1n) is 24.0. The van der Waals surface area contributed by atoms with Crippen LogP contribution >= 0.6 is 0 Å². The number of hydrogen-bond donors (Lipinski definition) is 0. The zero-order valence-electron chi connectivity index (χ0n) is 38.3. The summed E-state index contributed by atoms with van der Waals surface area (Å²) in [5.41, 5.74) is 12.5. The minimum absolute atomic E-state index is 0.270. The third-order valence-electron chi connectivity index (χ3n) is 13.5. The molecule has 6 aromatic rings. The Bertz CT molecular complexity index is 2080. The van der Waals surface area contributed by atoms with Crippen LogP contribution in [0, 0.1) is 10.8 Å². The minimum Gasteiger partial charge on any atom is -0.381 e. The van der Waals surface area contributed by atoms with E-state index in [4.69, 9.17) is 18.9 Å². The lowest BCUT2D eigenvalue weighted by Gasteiger charge is -2.40. The van der Waals surface area contributed by atoms with Crippen LogP contribution in [0.2, 0.25) is 0 Å². The van der Waals surface area contributed by atoms with E-state index < -0.39 is 0 Å². The SMILES string of the molecule is CCC1(COCCCCCc2ccc(N(c3ccccc3)c3ccc(-c4ccc(N(c5ccccc5)c5ccc(CCCCCOCC6(CC)COC6)cc5)cc4)cc3)cc2)COC1. The molecule has 0 aliphatic carbocycles. The summed E-state index contributed by atoms with van der Waals surface area (Å²) in [6, 6.07) is 57.5. The average molecular weight is 857 g/mol. The van der Waals surface area contributed by atoms with Crippen LogP contribution in [0.1, 0.15) is 76.3 Å². The van der Waals surface area contributed by atoms with Crippen LogP contribution in [0.4, 0.5) is 34.1 Å². The first kappa shape index (κ1) is 45.3. The summed E-state index contributed by atoms with van der Waals surface area (Å²) < 4.78 is 22.9. The monoisotopic (exact) mass is 857 g/mol. The molecule has 2 fully saturated rings. The Hall–Kier alpha value is -5.24. The van der Waals surface area contributed by atoms with Gasteiger partial charge in [0.15, 0.2) is 0 Å². The van der Waals surface area contributed by atoms with E-state index in [-0.39, 0.29) is 10.8 Å². The van der Waals surface area contributed by atoms with E-state index in [1.54, 1.807) is 0 Å². The van der Waals surface area contributed by atoms with E-state index in [0.29, 0.717) is 0 Å². The second-order valence-corrected chi connectivity index (χ2v) is 18.2. The Morgan fingerprint density at radius 1 is 0.391 bits per heavy atom. The Labute approximate surface area is 383 Å². The molecular formula is C58H68N2O4. The quantitative estimate of drug-likeness (QED) is 0.0535. The van der Waals surface area contributed by atoms with E-state index >= 15 is 0 Å². The van der Waals surface area contributed by atoms with E-state index in [0.717, 1.165) is 126 Å². The molecular weight excluding hydrogens is 789 g/mol. The lowest BCUT2D eigenvalue weighted by Crippen LogP contribution is -2.45. The second kappa shape index (κ2) is 22.6. The van der Waals surface area contributed by atoms with Crippen LogP contribution in [0.15, 0.2) is 158 Å². The van der Waals surface area contributed by atoms with E-state index in [1.807, 2.05) is 0 Å². The summed E-state index contributed by atoms with van der Waals surface area (Å²) in [6.45, 7) is 11.2. The zero-order valence-corrected chi connectivity index (χ0v) is 38.3. The van der Waals surface area contributed by atoms with Crippen LogP contribution in [0.3, 0.4) is 0 Å². The van der Waals surface area contributed by atoms with Gasteiger partial charge in [-0.1, -0.05) is 112 Å². The number of unbranched alkanes of at least 4 members (excludes halogenated alkanes) is 4. The van der Waals surface area contributed by atoms with Gasteiger partial charge in [0.1, 0.15) is 0 Å². The third kappa shape index (κ3) is 11.7. The predicted octanol–water partition coefficient (Wildman–Crippen LogP) is 14.6. The van der Waals surface area contributed by atoms with Crippen molar-refractivity contribution in [3.05, 3.63) is 169 Å². The Kier molecular flexibility index (Phi) is 16.0. The molecule has 6 heteroatoms. The van der Waals surface area contributed by atoms with Crippen LogP contribution in [0.25, 0.3) is 11.1 Å². The number of para-hydroxylation sites is 2. The van der Waals surface area contributed by atoms with E-state index in [2.05, 4.69) is 181 Å². The number of aryl methyl sites for hydroxylation is 2. The zero-order chi connectivity index (χ0) is 43.9. The molecule has 0 spiro atoms. The van der Waals surface area contributed by atoms with Gasteiger partial charge in [0.05, 0.1) is 39.6 Å². The number of ether oxygens (including phenoxy) is 4. The van der Waals surface area contributed by atoms with Crippen molar-refractivity contribution in [2.45, 2.75) is 78.1 Å². The van der Waals surface area contributed by atoms with Gasteiger partial charge in [-0.3, -0.25) is 0 Å². The van der Waals surface area contributed by atoms with E-state index in [1.165, 1.54) is 47.9 Å². The van der Waals surface area contributed by atoms with Crippen LogP contribution in [-0.2, 0) is 31.8 Å². The summed E-state index contributed by atoms with van der Waals surface area (Å²) in [5, 5.41) is 0. The molecule has 334 valence electrons. The van der Waals surface area contributed by atoms with Gasteiger partial charge < -0.3 is 28.7 Å². The van der Waals surface area contributed by atoms with Gasteiger partial charge in [-0.2, -0.15) is 0 Å². The maximum Gasteiger partial charge on any atom is 0.0566 e. The van der Waals surface area contributed by atoms with Gasteiger partial charge in [0.2, 0.25) is 0 Å². The number of rotatable bonds is 25. The molecule has 0 unspecified atom stereocenters. The minimum atomic E-state index is 0.270. The molecule has 6 nitrogen and oxygen atoms in total. The highest BCUT2D eigenvalue weighted by molar-refractivity contribution is 5.80. The molecule has 0 amide bonds. The van der Waals surface area contributed by atoms with Crippen molar-refractivity contribution in [3.63, 3.8) is 0 Å². The standard InChI is InChI=1S/C58H68N2O4/c1-3-57(43-63-44-57)41-61-39-15-7-9-17-47-23-31-53(32-24-47)59(51-19-11-5-12-20-51)55-35-27-49(28-36-55)50-29-37-56(38-30-50)60(52-21-13-6-14-22-52)54-33-25-48(26-34-54)18-10-8-16-40-62-42-58(4-2)45-64-46-58/h5-6,11-14,19-38H,3-4,7-10,15-18,39-46H2,1-2H3. The Balaban J connectivity index is 0.871. The summed E-state index contributed by atoms with van der Waals surface area (Å²) in [4.78, 5) is 4.69. The number of hydrogen-bond acceptors (Lipinski definition) is 6. The van der Waals surface area contributed by atoms with Crippen molar-refractivity contribution >= 4 is 34.1 Å². The molecule has 0 N–H and O–H groups in total. The van der Waals surface area contributed by atoms with Crippen molar-refractivity contribution in [1.29, 1.82) is 0 Å². The summed E-state index contributed by atoms with van der Waals surface area (Å²) >= 11 is 0. The van der Waals surface area contributed by atoms with Crippen molar-refractivity contribution in [3.8, 4) is 11.1 Å². The first-order chi connectivity index (χ1) is 31.6. The van der Waals surface area contributed by atoms with Crippen LogP contribution in [-0.4, -0.2) is 52.9 Å². The largest absolute Gasteiger partial charge is 0.381 e. The molecule has 2 heterocycles. The van der Waals surface area contributed by atoms with Crippen LogP contribution in [0.5, 0.6) is 0 Å². The van der Waals surface area contributed by atoms with E-state index in [9.17, 15) is 0 Å². The first-order valence-corrected chi connectivity index (χ1v) is 24.0. The average Bonchev–Trinajstić information content (AvgIpc) is 3.32. The number of nitrogens with zero attached hydrogens (tertiary/aromatic N) is 2. The highest BCUT2D eigenvalue weighted by Crippen LogP contribution is 2.39. The normalized spacial score (nSPS) is 15.0. The van der Waals surface area contributed by atoms with Crippen molar-refractivity contribution in [1.82, 2.24) is 0 Å². The van der Waals surface area contributed by atoms with Gasteiger partial charge in [-0.05, 0) is 146 Å². The molecule has 0 aromatic heterocycles. The second-order valence-electron chi connectivity index (χ2n) is 18.2. The van der Waals surface area contributed by atoms with Gasteiger partial charge in [0.25, 0.3) is 0 Å². The molecule has 2 aliphatic heterocycles. The number of benzene rings is 6. The molecule has 64 heavy (non-hydrogen) atoms. The number of anilines is 6. The summed E-state index contributed by atoms with van der Waals surface area (Å²) in [6.07, 6.45) is 11.3. The predicted molar refractivity (Wildman–Crippen MR) is 265 cm³/mol. The fraction of sp³-hybridized carbons (Fsp3) is 0.379. The molecule has 2 aliphatic rings. The lowest BCUT2D eigenvalue weighted by molar-refractivity contribution is -0.150. The molecule has 0 atom stereocenters. The summed E-state index contributed by atoms with van der Waals surface area (Å²) in [5.74, 6) is 0. The van der Waals surface area contributed by atoms with Gasteiger partial charge in [0, 0.05) is 58.2 Å². The highest BCUT2D eigenvalue weighted by Gasteiger charge is 2.37. The maximum absolute atomic E-state index is 6.02. The van der Waals surface area contributed by atoms with Gasteiger partial charge >= 0.3 is 0 Å². The van der Waals surface area contributed by atoms with Crippen LogP contribution < -0.4 is 9.80 Å². The molecule has 8 rings (SSSR count). The topological polar surface area (TPSA) is 43.4 Å². The molecule has 0 bridgehead atoms. The smallest absolute Gasteiger partial charge is 0.0566 e. The van der Waals surface area contributed by atoms with Crippen molar-refractivity contribution < 1.29 is 18.9 Å². The molecule has 0 saturated carbocycles. The molecule has 6 aromatic carbocycles. The van der Waals surface area contributed by atoms with Crippen molar-refractivity contribution in [2.24, 2.45) is 10.8 Å². The van der Waals surface area contributed by atoms with Crippen molar-refractivity contribution in [2.75, 3.05) is 62.7 Å². The highest BCUT2D eigenvalue weighted by atomic mass is 16.5. The van der Waals surface area contributed by atoms with Gasteiger partial charge in [-0.15, -0.1) is 0 Å². The lowest BCUT2D eigenvalue weighted by atomic mass is 9.84. The van der Waals surface area contributed by atoms with Gasteiger partial charge in [-0.25, -0.2) is 0 Å². The fourth-order valence-corrected chi connectivity index (χ4v) is 8.84. The molecule has 0 radical (unpaired) electrons. The fourth-order valence-electron chi connectivity index (χ4n) is 8.84. The molecule has 2 saturated heterocycles. The Morgan fingerprint density at radius 3 is 1.03 bits per heavy atom. The summed E-state index contributed by atoms with van der Waals surface area (Å²) in [7, 11) is 0. The maximum atomic E-state index is 6.02.